The summed E-state index contributed by atoms with van der Waals surface area (Å²) in [6.45, 7) is 0. The molecule has 0 aliphatic heterocycles. The van der Waals surface area contributed by atoms with Crippen LogP contribution in [0.15, 0.2) is 18.5 Å². The van der Waals surface area contributed by atoms with Gasteiger partial charge in [-0.05, 0) is 30.9 Å². The van der Waals surface area contributed by atoms with Gasteiger partial charge in [0, 0.05) is 13.3 Å². The van der Waals surface area contributed by atoms with Crippen LogP contribution in [0.4, 0.5) is 0 Å². The molecule has 1 aliphatic rings. The molecule has 1 aliphatic carbocycles. The van der Waals surface area contributed by atoms with Crippen LogP contribution >= 0.6 is 0 Å². The summed E-state index contributed by atoms with van der Waals surface area (Å²) in [5.41, 5.74) is 7.02. The topological polar surface area (TPSA) is 57.4 Å². The van der Waals surface area contributed by atoms with Gasteiger partial charge in [-0.15, -0.1) is 0 Å². The van der Waals surface area contributed by atoms with Gasteiger partial charge in [0.25, 0.3) is 0 Å². The Kier molecular flexibility index (Phi) is 3.12. The molecular formula is C12H18N2O2. The minimum Gasteiger partial charge on any atom is -0.495 e. The molecule has 0 amide bonds. The Labute approximate surface area is 95.8 Å². The molecule has 1 unspecified atom stereocenters. The number of methoxy groups -OCH3 is 2. The summed E-state index contributed by atoms with van der Waals surface area (Å²) in [6, 6.07) is 1.80. The number of nitrogens with zero attached hydrogens (tertiary/aromatic N) is 1. The van der Waals surface area contributed by atoms with Crippen molar-refractivity contribution < 1.29 is 9.47 Å². The molecule has 0 spiro atoms. The van der Waals surface area contributed by atoms with Gasteiger partial charge >= 0.3 is 0 Å². The summed E-state index contributed by atoms with van der Waals surface area (Å²) in [5, 5.41) is 0. The Morgan fingerprint density at radius 2 is 2.12 bits per heavy atom. The van der Waals surface area contributed by atoms with Gasteiger partial charge in [-0.2, -0.15) is 0 Å². The van der Waals surface area contributed by atoms with Crippen LogP contribution < -0.4 is 10.5 Å². The highest BCUT2D eigenvalue weighted by atomic mass is 16.5. The van der Waals surface area contributed by atoms with Crippen molar-refractivity contribution in [1.29, 1.82) is 0 Å². The maximum Gasteiger partial charge on any atom is 0.137 e. The zero-order valence-corrected chi connectivity index (χ0v) is 9.77. The molecule has 0 aromatic carbocycles. The third-order valence-corrected chi connectivity index (χ3v) is 3.50. The fourth-order valence-corrected chi connectivity index (χ4v) is 2.19. The van der Waals surface area contributed by atoms with Gasteiger partial charge in [-0.1, -0.05) is 0 Å². The molecule has 1 atom stereocenters. The van der Waals surface area contributed by atoms with E-state index in [4.69, 9.17) is 15.2 Å². The quantitative estimate of drug-likeness (QED) is 0.841. The van der Waals surface area contributed by atoms with E-state index >= 15 is 0 Å². The van der Waals surface area contributed by atoms with Crippen molar-refractivity contribution in [3.8, 4) is 5.75 Å². The smallest absolute Gasteiger partial charge is 0.137 e. The molecule has 2 N–H and O–H groups in total. The highest BCUT2D eigenvalue weighted by molar-refractivity contribution is 5.28. The van der Waals surface area contributed by atoms with Crippen LogP contribution in [0.5, 0.6) is 5.75 Å². The maximum absolute atomic E-state index is 6.25. The standard InChI is InChI=1S/C12H18N2O2/c1-15-10-6-9(7-14-8-10)11(13)12(16-2)4-3-5-12/h6-8,11H,3-5,13H2,1-2H3. The molecule has 4 heteroatoms. The lowest BCUT2D eigenvalue weighted by Gasteiger charge is -2.45. The number of hydrogen-bond acceptors (Lipinski definition) is 4. The van der Waals surface area contributed by atoms with Crippen molar-refractivity contribution in [3.05, 3.63) is 24.0 Å². The largest absolute Gasteiger partial charge is 0.495 e. The number of hydrogen-bond donors (Lipinski definition) is 1. The molecule has 0 bridgehead atoms. The van der Waals surface area contributed by atoms with Crippen LogP contribution in [0.1, 0.15) is 30.9 Å². The molecule has 0 radical (unpaired) electrons. The van der Waals surface area contributed by atoms with E-state index < -0.39 is 0 Å². The second kappa shape index (κ2) is 4.39. The number of nitrogens with two attached hydrogens (primary N) is 1. The van der Waals surface area contributed by atoms with E-state index in [1.165, 1.54) is 6.42 Å². The van der Waals surface area contributed by atoms with Crippen LogP contribution in [0.2, 0.25) is 0 Å². The Bertz CT molecular complexity index is 358. The van der Waals surface area contributed by atoms with E-state index in [0.717, 1.165) is 24.2 Å². The third kappa shape index (κ3) is 1.79. The first-order valence-corrected chi connectivity index (χ1v) is 5.51. The van der Waals surface area contributed by atoms with Gasteiger partial charge in [-0.25, -0.2) is 0 Å². The summed E-state index contributed by atoms with van der Waals surface area (Å²) in [7, 11) is 3.36. The Morgan fingerprint density at radius 1 is 1.38 bits per heavy atom. The molecular weight excluding hydrogens is 204 g/mol. The van der Waals surface area contributed by atoms with Gasteiger partial charge < -0.3 is 15.2 Å². The first-order valence-electron chi connectivity index (χ1n) is 5.51. The lowest BCUT2D eigenvalue weighted by molar-refractivity contribution is -0.0912. The fourth-order valence-electron chi connectivity index (χ4n) is 2.19. The molecule has 16 heavy (non-hydrogen) atoms. The van der Waals surface area contributed by atoms with E-state index in [1.807, 2.05) is 6.07 Å². The predicted molar refractivity (Wildman–Crippen MR) is 61.3 cm³/mol. The van der Waals surface area contributed by atoms with Crippen LogP contribution in [0, 0.1) is 0 Å². The van der Waals surface area contributed by atoms with Crippen molar-refractivity contribution in [3.63, 3.8) is 0 Å². The molecule has 1 aromatic heterocycles. The third-order valence-electron chi connectivity index (χ3n) is 3.50. The van der Waals surface area contributed by atoms with Crippen LogP contribution in [-0.4, -0.2) is 24.8 Å². The minimum atomic E-state index is -0.200. The van der Waals surface area contributed by atoms with Crippen molar-refractivity contribution in [2.75, 3.05) is 14.2 Å². The first-order chi connectivity index (χ1) is 7.72. The molecule has 1 aromatic rings. The lowest BCUT2D eigenvalue weighted by atomic mass is 9.73. The van der Waals surface area contributed by atoms with Crippen molar-refractivity contribution in [2.24, 2.45) is 5.73 Å². The molecule has 1 saturated carbocycles. The molecule has 88 valence electrons. The average Bonchev–Trinajstić information content (AvgIpc) is 2.28. The maximum atomic E-state index is 6.25. The lowest BCUT2D eigenvalue weighted by Crippen LogP contribution is -2.48. The summed E-state index contributed by atoms with van der Waals surface area (Å²) < 4.78 is 10.7. The second-order valence-electron chi connectivity index (χ2n) is 4.26. The molecule has 2 rings (SSSR count). The fraction of sp³-hybridized carbons (Fsp3) is 0.583. The van der Waals surface area contributed by atoms with Crippen molar-refractivity contribution in [1.82, 2.24) is 4.98 Å². The van der Waals surface area contributed by atoms with Gasteiger partial charge in [0.05, 0.1) is 24.9 Å². The van der Waals surface area contributed by atoms with Gasteiger partial charge in [-0.3, -0.25) is 4.98 Å². The van der Waals surface area contributed by atoms with Crippen LogP contribution in [0.25, 0.3) is 0 Å². The van der Waals surface area contributed by atoms with E-state index in [-0.39, 0.29) is 11.6 Å². The highest BCUT2D eigenvalue weighted by Gasteiger charge is 2.43. The summed E-state index contributed by atoms with van der Waals surface area (Å²) in [4.78, 5) is 4.12. The molecule has 4 nitrogen and oxygen atoms in total. The highest BCUT2D eigenvalue weighted by Crippen LogP contribution is 2.43. The summed E-state index contributed by atoms with van der Waals surface area (Å²) >= 11 is 0. The van der Waals surface area contributed by atoms with Gasteiger partial charge in [0.15, 0.2) is 0 Å². The number of rotatable bonds is 4. The van der Waals surface area contributed by atoms with Gasteiger partial charge in [0.1, 0.15) is 5.75 Å². The monoisotopic (exact) mass is 222 g/mol. The normalized spacial score (nSPS) is 19.9. The Balaban J connectivity index is 2.22. The van der Waals surface area contributed by atoms with Crippen LogP contribution in [0.3, 0.4) is 0 Å². The van der Waals surface area contributed by atoms with Crippen molar-refractivity contribution >= 4 is 0 Å². The Hall–Kier alpha value is -1.13. The van der Waals surface area contributed by atoms with E-state index in [1.54, 1.807) is 26.6 Å². The molecule has 1 heterocycles. The second-order valence-corrected chi connectivity index (χ2v) is 4.26. The Morgan fingerprint density at radius 3 is 2.62 bits per heavy atom. The first kappa shape index (κ1) is 11.4. The number of aromatic nitrogens is 1. The summed E-state index contributed by atoms with van der Waals surface area (Å²) in [5.74, 6) is 0.735. The summed E-state index contributed by atoms with van der Waals surface area (Å²) in [6.07, 6.45) is 6.67. The number of pyridine rings is 1. The van der Waals surface area contributed by atoms with E-state index in [9.17, 15) is 0 Å². The molecule has 0 saturated heterocycles. The number of ether oxygens (including phenoxy) is 2. The zero-order chi connectivity index (χ0) is 11.6. The molecule has 1 fully saturated rings. The predicted octanol–water partition coefficient (Wildman–Crippen LogP) is 1.66. The average molecular weight is 222 g/mol. The van der Waals surface area contributed by atoms with Crippen molar-refractivity contribution in [2.45, 2.75) is 30.9 Å². The van der Waals surface area contributed by atoms with E-state index in [2.05, 4.69) is 4.98 Å². The zero-order valence-electron chi connectivity index (χ0n) is 9.77. The van der Waals surface area contributed by atoms with Gasteiger partial charge in [0.2, 0.25) is 0 Å². The van der Waals surface area contributed by atoms with Crippen LogP contribution in [-0.2, 0) is 4.74 Å². The SMILES string of the molecule is COc1cncc(C(N)C2(OC)CCC2)c1. The minimum absolute atomic E-state index is 0.131. The van der Waals surface area contributed by atoms with E-state index in [0.29, 0.717) is 0 Å².